The average Bonchev–Trinajstić information content (AvgIpc) is 2.67. The first-order valence-electron chi connectivity index (χ1n) is 8.67. The summed E-state index contributed by atoms with van der Waals surface area (Å²) >= 11 is 1.71. The molecule has 0 aliphatic heterocycles. The van der Waals surface area contributed by atoms with Crippen LogP contribution in [0.3, 0.4) is 0 Å². The number of amides is 1. The molecule has 0 bridgehead atoms. The Morgan fingerprint density at radius 3 is 2.33 bits per heavy atom. The van der Waals surface area contributed by atoms with Crippen LogP contribution in [0.25, 0.3) is 0 Å². The van der Waals surface area contributed by atoms with Gasteiger partial charge < -0.3 is 5.32 Å². The topological polar surface area (TPSA) is 67.8 Å². The number of carbonyl (C=O) groups is 1. The molecule has 0 atom stereocenters. The Hall–Kier alpha value is -2.73. The number of nitrogens with one attached hydrogen (secondary N) is 1. The number of aromatic nitrogens is 3. The van der Waals surface area contributed by atoms with Crippen molar-refractivity contribution < 1.29 is 4.79 Å². The summed E-state index contributed by atoms with van der Waals surface area (Å²) in [6, 6.07) is 11.5. The van der Waals surface area contributed by atoms with Gasteiger partial charge in [0.25, 0.3) is 5.91 Å². The molecule has 2 heterocycles. The van der Waals surface area contributed by atoms with Gasteiger partial charge in [-0.2, -0.15) is 0 Å². The SMILES string of the molecule is CC(C)(C)c1ncc(NC(=O)c2ccc(SCc3cccnc3)cc2)cn1. The number of pyridine rings is 1. The minimum Gasteiger partial charge on any atom is -0.319 e. The normalized spacial score (nSPS) is 11.2. The molecule has 0 aliphatic carbocycles. The Balaban J connectivity index is 1.58. The Bertz CT molecular complexity index is 888. The molecule has 27 heavy (non-hydrogen) atoms. The number of nitrogens with zero attached hydrogens (tertiary/aromatic N) is 3. The van der Waals surface area contributed by atoms with Gasteiger partial charge >= 0.3 is 0 Å². The van der Waals surface area contributed by atoms with Crippen molar-refractivity contribution in [2.45, 2.75) is 36.8 Å². The van der Waals surface area contributed by atoms with Crippen molar-refractivity contribution >= 4 is 23.4 Å². The first-order chi connectivity index (χ1) is 12.9. The van der Waals surface area contributed by atoms with E-state index < -0.39 is 0 Å². The Labute approximate surface area is 163 Å². The van der Waals surface area contributed by atoms with E-state index in [1.807, 2.05) is 36.5 Å². The van der Waals surface area contributed by atoms with Crippen molar-refractivity contribution in [2.24, 2.45) is 0 Å². The van der Waals surface area contributed by atoms with Gasteiger partial charge in [0.1, 0.15) is 5.82 Å². The maximum Gasteiger partial charge on any atom is 0.255 e. The summed E-state index contributed by atoms with van der Waals surface area (Å²) in [7, 11) is 0. The number of thioether (sulfide) groups is 1. The third kappa shape index (κ3) is 5.37. The third-order valence-electron chi connectivity index (χ3n) is 3.83. The second kappa shape index (κ2) is 8.31. The van der Waals surface area contributed by atoms with E-state index in [1.165, 1.54) is 5.56 Å². The lowest BCUT2D eigenvalue weighted by Crippen LogP contribution is -2.17. The van der Waals surface area contributed by atoms with Crippen LogP contribution in [-0.2, 0) is 11.2 Å². The Kier molecular flexibility index (Phi) is 5.86. The second-order valence-electron chi connectivity index (χ2n) is 7.17. The molecule has 0 fully saturated rings. The molecule has 0 aliphatic rings. The van der Waals surface area contributed by atoms with E-state index in [0.717, 1.165) is 16.5 Å². The van der Waals surface area contributed by atoms with Gasteiger partial charge in [-0.15, -0.1) is 11.8 Å². The van der Waals surface area contributed by atoms with Gasteiger partial charge in [-0.05, 0) is 35.9 Å². The average molecular weight is 379 g/mol. The molecule has 3 aromatic rings. The summed E-state index contributed by atoms with van der Waals surface area (Å²) in [5, 5.41) is 2.84. The molecule has 138 valence electrons. The zero-order valence-electron chi connectivity index (χ0n) is 15.6. The van der Waals surface area contributed by atoms with Crippen LogP contribution in [0.2, 0.25) is 0 Å². The largest absolute Gasteiger partial charge is 0.319 e. The molecule has 6 heteroatoms. The van der Waals surface area contributed by atoms with Gasteiger partial charge in [0.05, 0.1) is 18.1 Å². The minimum absolute atomic E-state index is 0.119. The van der Waals surface area contributed by atoms with Gasteiger partial charge in [-0.1, -0.05) is 26.8 Å². The third-order valence-corrected chi connectivity index (χ3v) is 4.91. The number of benzene rings is 1. The lowest BCUT2D eigenvalue weighted by atomic mass is 9.96. The van der Waals surface area contributed by atoms with Crippen molar-refractivity contribution in [1.29, 1.82) is 0 Å². The van der Waals surface area contributed by atoms with Crippen LogP contribution in [-0.4, -0.2) is 20.9 Å². The van der Waals surface area contributed by atoms with Crippen molar-refractivity contribution in [3.63, 3.8) is 0 Å². The number of hydrogen-bond acceptors (Lipinski definition) is 5. The molecular weight excluding hydrogens is 356 g/mol. The first kappa shape index (κ1) is 19.0. The zero-order chi connectivity index (χ0) is 19.3. The number of rotatable bonds is 5. The molecule has 0 saturated carbocycles. The fourth-order valence-electron chi connectivity index (χ4n) is 2.34. The summed E-state index contributed by atoms with van der Waals surface area (Å²) in [6.45, 7) is 6.15. The zero-order valence-corrected chi connectivity index (χ0v) is 16.5. The van der Waals surface area contributed by atoms with Gasteiger partial charge in [-0.25, -0.2) is 9.97 Å². The van der Waals surface area contributed by atoms with Crippen LogP contribution in [0.1, 0.15) is 42.5 Å². The molecule has 0 unspecified atom stereocenters. The van der Waals surface area contributed by atoms with E-state index >= 15 is 0 Å². The number of anilines is 1. The number of hydrogen-bond donors (Lipinski definition) is 1. The van der Waals surface area contributed by atoms with E-state index in [1.54, 1.807) is 30.4 Å². The Morgan fingerprint density at radius 2 is 1.74 bits per heavy atom. The molecule has 1 amide bonds. The van der Waals surface area contributed by atoms with Crippen LogP contribution < -0.4 is 5.32 Å². The smallest absolute Gasteiger partial charge is 0.255 e. The van der Waals surface area contributed by atoms with Crippen LogP contribution in [0.5, 0.6) is 0 Å². The summed E-state index contributed by atoms with van der Waals surface area (Å²) < 4.78 is 0. The highest BCUT2D eigenvalue weighted by atomic mass is 32.2. The summed E-state index contributed by atoms with van der Waals surface area (Å²) in [5.74, 6) is 1.41. The lowest BCUT2D eigenvalue weighted by Gasteiger charge is -2.16. The van der Waals surface area contributed by atoms with Gasteiger partial charge in [-0.3, -0.25) is 9.78 Å². The molecular formula is C21H22N4OS. The maximum absolute atomic E-state index is 12.4. The van der Waals surface area contributed by atoms with Gasteiger partial charge in [0.15, 0.2) is 0 Å². The maximum atomic E-state index is 12.4. The predicted molar refractivity (Wildman–Crippen MR) is 109 cm³/mol. The summed E-state index contributed by atoms with van der Waals surface area (Å²) in [4.78, 5) is 26.3. The van der Waals surface area contributed by atoms with Crippen molar-refractivity contribution in [3.8, 4) is 0 Å². The van der Waals surface area contributed by atoms with E-state index in [2.05, 4.69) is 47.1 Å². The second-order valence-corrected chi connectivity index (χ2v) is 8.22. The van der Waals surface area contributed by atoms with Crippen LogP contribution in [0.4, 0.5) is 5.69 Å². The molecule has 5 nitrogen and oxygen atoms in total. The molecule has 0 saturated heterocycles. The fraction of sp³-hybridized carbons (Fsp3) is 0.238. The fourth-order valence-corrected chi connectivity index (χ4v) is 3.17. The van der Waals surface area contributed by atoms with Crippen LogP contribution >= 0.6 is 11.8 Å². The van der Waals surface area contributed by atoms with Crippen molar-refractivity contribution in [3.05, 3.63) is 78.1 Å². The molecule has 1 N–H and O–H groups in total. The van der Waals surface area contributed by atoms with Crippen LogP contribution in [0, 0.1) is 0 Å². The van der Waals surface area contributed by atoms with E-state index in [9.17, 15) is 4.79 Å². The monoisotopic (exact) mass is 378 g/mol. The quantitative estimate of drug-likeness (QED) is 0.651. The number of carbonyl (C=O) groups excluding carboxylic acids is 1. The van der Waals surface area contributed by atoms with Gasteiger partial charge in [0, 0.05) is 34.0 Å². The lowest BCUT2D eigenvalue weighted by molar-refractivity contribution is 0.102. The van der Waals surface area contributed by atoms with Gasteiger partial charge in [0.2, 0.25) is 0 Å². The standard InChI is InChI=1S/C21H22N4OS/c1-21(2,3)20-23-12-17(13-24-20)25-19(26)16-6-8-18(9-7-16)27-14-15-5-4-10-22-11-15/h4-13H,14H2,1-3H3,(H,25,26). The van der Waals surface area contributed by atoms with E-state index in [4.69, 9.17) is 0 Å². The molecule has 1 aromatic carbocycles. The summed E-state index contributed by atoms with van der Waals surface area (Å²) in [5.41, 5.74) is 2.23. The summed E-state index contributed by atoms with van der Waals surface area (Å²) in [6.07, 6.45) is 6.91. The molecule has 0 radical (unpaired) electrons. The van der Waals surface area contributed by atoms with Crippen LogP contribution in [0.15, 0.2) is 66.1 Å². The molecule has 2 aromatic heterocycles. The molecule has 0 spiro atoms. The highest BCUT2D eigenvalue weighted by molar-refractivity contribution is 7.98. The van der Waals surface area contributed by atoms with Crippen molar-refractivity contribution in [1.82, 2.24) is 15.0 Å². The van der Waals surface area contributed by atoms with E-state index in [0.29, 0.717) is 11.3 Å². The first-order valence-corrected chi connectivity index (χ1v) is 9.66. The predicted octanol–water partition coefficient (Wildman–Crippen LogP) is 4.71. The molecule has 3 rings (SSSR count). The Morgan fingerprint density at radius 1 is 1.04 bits per heavy atom. The minimum atomic E-state index is -0.175. The van der Waals surface area contributed by atoms with Crippen molar-refractivity contribution in [2.75, 3.05) is 5.32 Å². The van der Waals surface area contributed by atoms with E-state index in [-0.39, 0.29) is 11.3 Å². The highest BCUT2D eigenvalue weighted by Gasteiger charge is 2.17. The highest BCUT2D eigenvalue weighted by Crippen LogP contribution is 2.23.